The number of hydrazine groups is 1. The molecule has 2 nitrogen and oxygen atoms in total. The van der Waals surface area contributed by atoms with Crippen LogP contribution in [0.5, 0.6) is 0 Å². The van der Waals surface area contributed by atoms with Crippen molar-refractivity contribution in [3.05, 3.63) is 34.6 Å². The molecule has 7 heteroatoms. The zero-order valence-electron chi connectivity index (χ0n) is 8.69. The topological polar surface area (TPSA) is 38.0 Å². The van der Waals surface area contributed by atoms with Crippen molar-refractivity contribution in [2.24, 2.45) is 5.84 Å². The molecule has 1 rings (SSSR count). The SMILES string of the molecule is NNC(Cc1cccc(Cl)c1F)CC(F)(F)F. The third-order valence-corrected chi connectivity index (χ3v) is 2.50. The summed E-state index contributed by atoms with van der Waals surface area (Å²) in [7, 11) is 0. The summed E-state index contributed by atoms with van der Waals surface area (Å²) in [4.78, 5) is 0. The van der Waals surface area contributed by atoms with Gasteiger partial charge < -0.3 is 0 Å². The van der Waals surface area contributed by atoms with E-state index in [0.717, 1.165) is 0 Å². The second kappa shape index (κ2) is 5.66. The molecule has 0 saturated heterocycles. The fourth-order valence-electron chi connectivity index (χ4n) is 1.44. The molecule has 0 aliphatic carbocycles. The Kier molecular flexibility index (Phi) is 4.73. The van der Waals surface area contributed by atoms with Crippen LogP contribution >= 0.6 is 11.6 Å². The number of halogens is 5. The van der Waals surface area contributed by atoms with Crippen LogP contribution in [0, 0.1) is 5.82 Å². The third kappa shape index (κ3) is 4.49. The Morgan fingerprint density at radius 3 is 2.53 bits per heavy atom. The molecule has 0 aliphatic heterocycles. The van der Waals surface area contributed by atoms with E-state index in [2.05, 4.69) is 0 Å². The van der Waals surface area contributed by atoms with Gasteiger partial charge in [-0.05, 0) is 18.1 Å². The number of hydrogen-bond donors (Lipinski definition) is 2. The van der Waals surface area contributed by atoms with Gasteiger partial charge >= 0.3 is 6.18 Å². The lowest BCUT2D eigenvalue weighted by Gasteiger charge is -2.18. The van der Waals surface area contributed by atoms with Crippen LogP contribution in [0.3, 0.4) is 0 Å². The molecule has 1 aromatic carbocycles. The monoisotopic (exact) mass is 270 g/mol. The summed E-state index contributed by atoms with van der Waals surface area (Å²) < 4.78 is 49.9. The first kappa shape index (κ1) is 14.2. The van der Waals surface area contributed by atoms with Gasteiger partial charge in [-0.15, -0.1) is 0 Å². The molecule has 0 bridgehead atoms. The van der Waals surface area contributed by atoms with E-state index in [0.29, 0.717) is 0 Å². The molecule has 3 N–H and O–H groups in total. The van der Waals surface area contributed by atoms with Gasteiger partial charge in [0.25, 0.3) is 0 Å². The van der Waals surface area contributed by atoms with Gasteiger partial charge in [-0.2, -0.15) is 13.2 Å². The van der Waals surface area contributed by atoms with Crippen LogP contribution in [0.15, 0.2) is 18.2 Å². The molecule has 1 aromatic rings. The Bertz CT molecular complexity index is 381. The van der Waals surface area contributed by atoms with E-state index < -0.39 is 24.5 Å². The molecule has 96 valence electrons. The van der Waals surface area contributed by atoms with Gasteiger partial charge in [0.15, 0.2) is 0 Å². The maximum absolute atomic E-state index is 13.4. The highest BCUT2D eigenvalue weighted by atomic mass is 35.5. The van der Waals surface area contributed by atoms with Crippen molar-refractivity contribution >= 4 is 11.6 Å². The first-order chi connectivity index (χ1) is 7.83. The number of benzene rings is 1. The average Bonchev–Trinajstić information content (AvgIpc) is 2.21. The summed E-state index contributed by atoms with van der Waals surface area (Å²) >= 11 is 5.52. The van der Waals surface area contributed by atoms with Gasteiger partial charge in [-0.1, -0.05) is 23.7 Å². The highest BCUT2D eigenvalue weighted by molar-refractivity contribution is 6.30. The minimum atomic E-state index is -4.36. The molecule has 0 aromatic heterocycles. The first-order valence-electron chi connectivity index (χ1n) is 4.79. The van der Waals surface area contributed by atoms with Crippen molar-refractivity contribution < 1.29 is 17.6 Å². The summed E-state index contributed by atoms with van der Waals surface area (Å²) in [6, 6.07) is 3.10. The minimum absolute atomic E-state index is 0.102. The standard InChI is InChI=1S/C10H11ClF4N2/c11-8-3-1-2-6(9(8)12)4-7(17-16)5-10(13,14)15/h1-3,7,17H,4-5,16H2. The average molecular weight is 271 g/mol. The number of nitrogens with two attached hydrogens (primary N) is 1. The minimum Gasteiger partial charge on any atom is -0.271 e. The molecule has 0 heterocycles. The zero-order valence-corrected chi connectivity index (χ0v) is 9.45. The van der Waals surface area contributed by atoms with Crippen LogP contribution in [0.2, 0.25) is 5.02 Å². The van der Waals surface area contributed by atoms with Crippen molar-refractivity contribution in [1.82, 2.24) is 5.43 Å². The van der Waals surface area contributed by atoms with Crippen molar-refractivity contribution in [3.8, 4) is 0 Å². The Labute approximate surface area is 101 Å². The van der Waals surface area contributed by atoms with Gasteiger partial charge in [0.2, 0.25) is 0 Å². The lowest BCUT2D eigenvalue weighted by molar-refractivity contribution is -0.140. The summed E-state index contributed by atoms with van der Waals surface area (Å²) in [6.45, 7) is 0. The van der Waals surface area contributed by atoms with Crippen LogP contribution in [0.1, 0.15) is 12.0 Å². The van der Waals surface area contributed by atoms with E-state index in [-0.39, 0.29) is 17.0 Å². The van der Waals surface area contributed by atoms with Gasteiger partial charge in [0, 0.05) is 6.04 Å². The smallest absolute Gasteiger partial charge is 0.271 e. The van der Waals surface area contributed by atoms with E-state index in [1.165, 1.54) is 18.2 Å². The molecule has 1 atom stereocenters. The fourth-order valence-corrected chi connectivity index (χ4v) is 1.64. The molecule has 0 spiro atoms. The lowest BCUT2D eigenvalue weighted by Crippen LogP contribution is -2.40. The van der Waals surface area contributed by atoms with E-state index in [9.17, 15) is 17.6 Å². The third-order valence-electron chi connectivity index (χ3n) is 2.21. The maximum atomic E-state index is 13.4. The molecule has 0 saturated carbocycles. The molecular weight excluding hydrogens is 260 g/mol. The highest BCUT2D eigenvalue weighted by Gasteiger charge is 2.31. The number of hydrogen-bond acceptors (Lipinski definition) is 2. The molecule has 0 fully saturated rings. The van der Waals surface area contributed by atoms with Gasteiger partial charge in [-0.25, -0.2) is 4.39 Å². The molecule has 0 amide bonds. The van der Waals surface area contributed by atoms with Gasteiger partial charge in [0.05, 0.1) is 11.4 Å². The molecule has 1 unspecified atom stereocenters. The van der Waals surface area contributed by atoms with E-state index in [1.807, 2.05) is 5.43 Å². The largest absolute Gasteiger partial charge is 0.390 e. The van der Waals surface area contributed by atoms with Gasteiger partial charge in [0.1, 0.15) is 5.82 Å². The number of alkyl halides is 3. The Hall–Kier alpha value is -0.850. The summed E-state index contributed by atoms with van der Waals surface area (Å²) in [5.41, 5.74) is 2.13. The highest BCUT2D eigenvalue weighted by Crippen LogP contribution is 2.25. The van der Waals surface area contributed by atoms with Crippen molar-refractivity contribution in [2.45, 2.75) is 25.1 Å². The lowest BCUT2D eigenvalue weighted by atomic mass is 10.0. The predicted molar refractivity (Wildman–Crippen MR) is 56.9 cm³/mol. The second-order valence-electron chi connectivity index (χ2n) is 3.60. The maximum Gasteiger partial charge on any atom is 0.390 e. The fraction of sp³-hybridized carbons (Fsp3) is 0.400. The molecule has 17 heavy (non-hydrogen) atoms. The van der Waals surface area contributed by atoms with Crippen molar-refractivity contribution in [3.63, 3.8) is 0 Å². The first-order valence-corrected chi connectivity index (χ1v) is 5.17. The second-order valence-corrected chi connectivity index (χ2v) is 4.01. The van der Waals surface area contributed by atoms with E-state index in [1.54, 1.807) is 0 Å². The number of rotatable bonds is 4. The Morgan fingerprint density at radius 1 is 1.35 bits per heavy atom. The summed E-state index contributed by atoms with van der Waals surface area (Å²) in [6.07, 6.45) is -5.66. The van der Waals surface area contributed by atoms with Crippen LogP contribution in [0.4, 0.5) is 17.6 Å². The Balaban J connectivity index is 2.77. The predicted octanol–water partition coefficient (Wildman–Crippen LogP) is 2.81. The Morgan fingerprint density at radius 2 is 2.00 bits per heavy atom. The normalized spacial score (nSPS) is 13.8. The quantitative estimate of drug-likeness (QED) is 0.502. The van der Waals surface area contributed by atoms with Crippen LogP contribution < -0.4 is 11.3 Å². The molecular formula is C10H11ClF4N2. The summed E-state index contributed by atoms with van der Waals surface area (Å²) in [5.74, 6) is 4.30. The molecule has 0 aliphatic rings. The van der Waals surface area contributed by atoms with Gasteiger partial charge in [-0.3, -0.25) is 11.3 Å². The summed E-state index contributed by atoms with van der Waals surface area (Å²) in [5, 5.41) is -0.120. The van der Waals surface area contributed by atoms with Crippen molar-refractivity contribution in [1.29, 1.82) is 0 Å². The number of nitrogens with one attached hydrogen (secondary N) is 1. The van der Waals surface area contributed by atoms with E-state index >= 15 is 0 Å². The van der Waals surface area contributed by atoms with Crippen LogP contribution in [0.25, 0.3) is 0 Å². The molecule has 0 radical (unpaired) electrons. The zero-order chi connectivity index (χ0) is 13.1. The van der Waals surface area contributed by atoms with Crippen LogP contribution in [-0.2, 0) is 6.42 Å². The van der Waals surface area contributed by atoms with E-state index in [4.69, 9.17) is 17.4 Å². The van der Waals surface area contributed by atoms with Crippen molar-refractivity contribution in [2.75, 3.05) is 0 Å². The van der Waals surface area contributed by atoms with Crippen LogP contribution in [-0.4, -0.2) is 12.2 Å².